The van der Waals surface area contributed by atoms with E-state index >= 15 is 0 Å². The Morgan fingerprint density at radius 1 is 1.22 bits per heavy atom. The van der Waals surface area contributed by atoms with E-state index in [1.165, 1.54) is 0 Å². The van der Waals surface area contributed by atoms with E-state index in [9.17, 15) is 0 Å². The van der Waals surface area contributed by atoms with Gasteiger partial charge in [-0.15, -0.1) is 0 Å². The predicted octanol–water partition coefficient (Wildman–Crippen LogP) is 2.02. The second-order valence-electron chi connectivity index (χ2n) is 4.05. The van der Waals surface area contributed by atoms with Gasteiger partial charge in [-0.3, -0.25) is 0 Å². The molecule has 1 aromatic carbocycles. The van der Waals surface area contributed by atoms with Crippen molar-refractivity contribution in [2.24, 2.45) is 0 Å². The van der Waals surface area contributed by atoms with Gasteiger partial charge in [0.2, 0.25) is 11.2 Å². The Kier molecular flexibility index (Phi) is 2.76. The maximum absolute atomic E-state index is 5.82. The third-order valence-corrected chi connectivity index (χ3v) is 3.08. The van der Waals surface area contributed by atoms with Gasteiger partial charge in [0.1, 0.15) is 11.6 Å². The summed E-state index contributed by atoms with van der Waals surface area (Å²) >= 11 is 5.82. The van der Waals surface area contributed by atoms with Crippen LogP contribution in [0.15, 0.2) is 24.3 Å². The molecule has 0 radical (unpaired) electrons. The van der Waals surface area contributed by atoms with E-state index < -0.39 is 0 Å². The van der Waals surface area contributed by atoms with Crippen LogP contribution in [-0.4, -0.2) is 21.6 Å². The summed E-state index contributed by atoms with van der Waals surface area (Å²) in [6.07, 6.45) is 0.802. The van der Waals surface area contributed by atoms with Crippen molar-refractivity contribution in [2.75, 3.05) is 12.3 Å². The highest BCUT2D eigenvalue weighted by atomic mass is 35.5. The molecular formula is C12H11ClN4O. The van der Waals surface area contributed by atoms with Crippen molar-refractivity contribution in [2.45, 2.75) is 12.3 Å². The summed E-state index contributed by atoms with van der Waals surface area (Å²) in [6, 6.07) is 7.85. The number of nitrogen functional groups attached to an aromatic ring is 1. The van der Waals surface area contributed by atoms with Gasteiger partial charge in [0.15, 0.2) is 0 Å². The van der Waals surface area contributed by atoms with Crippen LogP contribution in [0.5, 0.6) is 5.75 Å². The van der Waals surface area contributed by atoms with Crippen LogP contribution in [0.25, 0.3) is 0 Å². The molecule has 2 aromatic rings. The number of anilines is 1. The fourth-order valence-corrected chi connectivity index (χ4v) is 2.32. The molecule has 0 amide bonds. The zero-order valence-electron chi connectivity index (χ0n) is 9.51. The lowest BCUT2D eigenvalue weighted by Gasteiger charge is -2.24. The van der Waals surface area contributed by atoms with Crippen LogP contribution in [0.4, 0.5) is 5.95 Å². The van der Waals surface area contributed by atoms with E-state index in [0.717, 1.165) is 17.7 Å². The van der Waals surface area contributed by atoms with Crippen molar-refractivity contribution in [3.63, 3.8) is 0 Å². The van der Waals surface area contributed by atoms with Gasteiger partial charge >= 0.3 is 0 Å². The topological polar surface area (TPSA) is 73.9 Å². The number of halogens is 1. The molecule has 0 saturated carbocycles. The Labute approximate surface area is 109 Å². The molecule has 0 aliphatic carbocycles. The summed E-state index contributed by atoms with van der Waals surface area (Å²) in [6.45, 7) is 0.630. The van der Waals surface area contributed by atoms with Crippen LogP contribution in [-0.2, 0) is 0 Å². The summed E-state index contributed by atoms with van der Waals surface area (Å²) in [5.41, 5.74) is 6.67. The minimum atomic E-state index is 0.0535. The number of benzene rings is 1. The van der Waals surface area contributed by atoms with Gasteiger partial charge in [0.25, 0.3) is 0 Å². The van der Waals surface area contributed by atoms with Crippen molar-refractivity contribution in [3.05, 3.63) is 40.9 Å². The summed E-state index contributed by atoms with van der Waals surface area (Å²) in [4.78, 5) is 12.1. The number of nitrogens with zero attached hydrogens (tertiary/aromatic N) is 3. The molecule has 0 spiro atoms. The van der Waals surface area contributed by atoms with E-state index in [4.69, 9.17) is 22.1 Å². The monoisotopic (exact) mass is 262 g/mol. The number of para-hydroxylation sites is 1. The number of hydrogen-bond donors (Lipinski definition) is 1. The molecular weight excluding hydrogens is 252 g/mol. The van der Waals surface area contributed by atoms with Gasteiger partial charge in [-0.2, -0.15) is 9.97 Å². The van der Waals surface area contributed by atoms with Gasteiger partial charge in [0.05, 0.1) is 12.5 Å². The van der Waals surface area contributed by atoms with Gasteiger partial charge in [-0.25, -0.2) is 4.98 Å². The number of nitrogens with two attached hydrogens (primary N) is 1. The Hall–Kier alpha value is -1.88. The Morgan fingerprint density at radius 2 is 2.06 bits per heavy atom. The molecule has 0 fully saturated rings. The Morgan fingerprint density at radius 3 is 2.89 bits per heavy atom. The maximum Gasteiger partial charge on any atom is 0.227 e. The lowest BCUT2D eigenvalue weighted by Crippen LogP contribution is -2.18. The average Bonchev–Trinajstić information content (AvgIpc) is 2.37. The molecule has 1 aliphatic heterocycles. The molecule has 2 heterocycles. The van der Waals surface area contributed by atoms with Crippen molar-refractivity contribution in [1.82, 2.24) is 15.0 Å². The maximum atomic E-state index is 5.82. The second-order valence-corrected chi connectivity index (χ2v) is 4.39. The number of aromatic nitrogens is 3. The standard InChI is InChI=1S/C12H11ClN4O/c13-11-15-10(16-12(14)17-11)8-5-6-18-9-4-2-1-3-7(8)9/h1-4,8H,5-6H2,(H2,14,15,16,17). The molecule has 5 nitrogen and oxygen atoms in total. The van der Waals surface area contributed by atoms with E-state index in [-0.39, 0.29) is 17.1 Å². The average molecular weight is 263 g/mol. The summed E-state index contributed by atoms with van der Waals surface area (Å²) < 4.78 is 5.60. The largest absolute Gasteiger partial charge is 0.493 e. The normalized spacial score (nSPS) is 17.9. The highest BCUT2D eigenvalue weighted by Crippen LogP contribution is 2.36. The summed E-state index contributed by atoms with van der Waals surface area (Å²) in [5.74, 6) is 1.67. The third-order valence-electron chi connectivity index (χ3n) is 2.91. The fourth-order valence-electron chi connectivity index (χ4n) is 2.15. The Balaban J connectivity index is 2.08. The molecule has 1 aromatic heterocycles. The number of fused-ring (bicyclic) bond motifs is 1. The van der Waals surface area contributed by atoms with Gasteiger partial charge in [-0.1, -0.05) is 18.2 Å². The number of hydrogen-bond acceptors (Lipinski definition) is 5. The first-order chi connectivity index (χ1) is 8.74. The molecule has 92 valence electrons. The van der Waals surface area contributed by atoms with Crippen LogP contribution in [0.2, 0.25) is 5.28 Å². The van der Waals surface area contributed by atoms with Crippen LogP contribution in [0.1, 0.15) is 23.7 Å². The number of rotatable bonds is 1. The Bertz CT molecular complexity index is 570. The smallest absolute Gasteiger partial charge is 0.227 e. The number of ether oxygens (including phenoxy) is 1. The molecule has 3 rings (SSSR count). The summed E-state index contributed by atoms with van der Waals surface area (Å²) in [5, 5.41) is 0.126. The van der Waals surface area contributed by atoms with Gasteiger partial charge < -0.3 is 10.5 Å². The third kappa shape index (κ3) is 1.97. The van der Waals surface area contributed by atoms with E-state index in [1.807, 2.05) is 24.3 Å². The fraction of sp³-hybridized carbons (Fsp3) is 0.250. The lowest BCUT2D eigenvalue weighted by atomic mass is 9.92. The second kappa shape index (κ2) is 4.42. The minimum absolute atomic E-state index is 0.0535. The quantitative estimate of drug-likeness (QED) is 0.851. The molecule has 6 heteroatoms. The molecule has 18 heavy (non-hydrogen) atoms. The van der Waals surface area contributed by atoms with Crippen molar-refractivity contribution < 1.29 is 4.74 Å². The van der Waals surface area contributed by atoms with E-state index in [1.54, 1.807) is 0 Å². The molecule has 1 atom stereocenters. The zero-order valence-corrected chi connectivity index (χ0v) is 10.3. The van der Waals surface area contributed by atoms with Crippen molar-refractivity contribution >= 4 is 17.5 Å². The van der Waals surface area contributed by atoms with Crippen LogP contribution in [0.3, 0.4) is 0 Å². The first-order valence-electron chi connectivity index (χ1n) is 5.63. The van der Waals surface area contributed by atoms with Gasteiger partial charge in [-0.05, 0) is 24.1 Å². The highest BCUT2D eigenvalue weighted by Gasteiger charge is 2.25. The summed E-state index contributed by atoms with van der Waals surface area (Å²) in [7, 11) is 0. The molecule has 1 unspecified atom stereocenters. The van der Waals surface area contributed by atoms with E-state index in [0.29, 0.717) is 12.4 Å². The highest BCUT2D eigenvalue weighted by molar-refractivity contribution is 6.28. The molecule has 2 N–H and O–H groups in total. The molecule has 0 bridgehead atoms. The van der Waals surface area contributed by atoms with Crippen LogP contribution >= 0.6 is 11.6 Å². The van der Waals surface area contributed by atoms with Crippen LogP contribution < -0.4 is 10.5 Å². The predicted molar refractivity (Wildman–Crippen MR) is 67.6 cm³/mol. The molecule has 1 aliphatic rings. The van der Waals surface area contributed by atoms with Gasteiger partial charge in [0, 0.05) is 5.56 Å². The zero-order chi connectivity index (χ0) is 12.5. The SMILES string of the molecule is Nc1nc(Cl)nc(C2CCOc3ccccc32)n1. The minimum Gasteiger partial charge on any atom is -0.493 e. The first kappa shape index (κ1) is 11.2. The lowest BCUT2D eigenvalue weighted by molar-refractivity contribution is 0.274. The first-order valence-corrected chi connectivity index (χ1v) is 6.00. The van der Waals surface area contributed by atoms with Crippen molar-refractivity contribution in [1.29, 1.82) is 0 Å². The van der Waals surface area contributed by atoms with Crippen LogP contribution in [0, 0.1) is 0 Å². The van der Waals surface area contributed by atoms with E-state index in [2.05, 4.69) is 15.0 Å². The van der Waals surface area contributed by atoms with Crippen molar-refractivity contribution in [3.8, 4) is 5.75 Å². The molecule has 0 saturated heterocycles.